The Kier molecular flexibility index (Phi) is 6.20. The number of rotatable bonds is 7. The Morgan fingerprint density at radius 2 is 1.90 bits per heavy atom. The lowest BCUT2D eigenvalue weighted by Crippen LogP contribution is -2.42. The van der Waals surface area contributed by atoms with Gasteiger partial charge in [0.05, 0.1) is 0 Å². The number of halogens is 3. The average molecular weight is 303 g/mol. The molecule has 7 heteroatoms. The molecule has 0 aromatic heterocycles. The van der Waals surface area contributed by atoms with Gasteiger partial charge in [0.2, 0.25) is 12.3 Å². The maximum absolute atomic E-state index is 13.5. The third-order valence-electron chi connectivity index (χ3n) is 2.97. The van der Waals surface area contributed by atoms with Gasteiger partial charge in [0.15, 0.2) is 0 Å². The number of carboxylic acid groups (broad SMARTS) is 1. The first kappa shape index (κ1) is 17.0. The van der Waals surface area contributed by atoms with Gasteiger partial charge in [-0.3, -0.25) is 4.79 Å². The highest BCUT2D eigenvalue weighted by atomic mass is 19.3. The smallest absolute Gasteiger partial charge is 0.326 e. The molecule has 0 heterocycles. The van der Waals surface area contributed by atoms with E-state index in [1.54, 1.807) is 13.0 Å². The van der Waals surface area contributed by atoms with Crippen LogP contribution in [0.2, 0.25) is 0 Å². The Balaban J connectivity index is 2.64. The van der Waals surface area contributed by atoms with Crippen molar-refractivity contribution in [3.8, 4) is 0 Å². The van der Waals surface area contributed by atoms with Crippen LogP contribution in [0.25, 0.3) is 0 Å². The lowest BCUT2D eigenvalue weighted by Gasteiger charge is -2.17. The number of hydrogen-bond donors (Lipinski definition) is 2. The Morgan fingerprint density at radius 3 is 2.43 bits per heavy atom. The van der Waals surface area contributed by atoms with Crippen molar-refractivity contribution in [1.82, 2.24) is 5.32 Å². The standard InChI is InChI=1S/C14H16F3NO3/c1-8(9-4-2-3-5-10(9)15)6-13(19)18-11(14(20)21)7-12(16)17/h2-5,8,11-12H,6-7H2,1H3,(H,18,19)(H,20,21). The zero-order chi connectivity index (χ0) is 16.0. The average Bonchev–Trinajstić information content (AvgIpc) is 2.37. The van der Waals surface area contributed by atoms with Crippen LogP contribution in [-0.2, 0) is 9.59 Å². The summed E-state index contributed by atoms with van der Waals surface area (Å²) in [6.07, 6.45) is -3.99. The summed E-state index contributed by atoms with van der Waals surface area (Å²) in [7, 11) is 0. The molecule has 21 heavy (non-hydrogen) atoms. The van der Waals surface area contributed by atoms with Gasteiger partial charge in [-0.25, -0.2) is 18.0 Å². The van der Waals surface area contributed by atoms with Crippen LogP contribution in [0.3, 0.4) is 0 Å². The van der Waals surface area contributed by atoms with Gasteiger partial charge >= 0.3 is 5.97 Å². The molecule has 2 N–H and O–H groups in total. The fourth-order valence-electron chi connectivity index (χ4n) is 1.92. The van der Waals surface area contributed by atoms with Gasteiger partial charge in [-0.1, -0.05) is 25.1 Å². The van der Waals surface area contributed by atoms with Crippen LogP contribution >= 0.6 is 0 Å². The number of carbonyl (C=O) groups excluding carboxylic acids is 1. The number of benzene rings is 1. The van der Waals surface area contributed by atoms with Crippen molar-refractivity contribution in [2.75, 3.05) is 0 Å². The molecule has 2 atom stereocenters. The quantitative estimate of drug-likeness (QED) is 0.813. The first-order chi connectivity index (χ1) is 9.81. The van der Waals surface area contributed by atoms with Crippen LogP contribution in [-0.4, -0.2) is 29.5 Å². The number of hydrogen-bond acceptors (Lipinski definition) is 2. The van der Waals surface area contributed by atoms with Crippen molar-refractivity contribution in [3.63, 3.8) is 0 Å². The molecule has 0 aliphatic heterocycles. The fourth-order valence-corrected chi connectivity index (χ4v) is 1.92. The maximum atomic E-state index is 13.5. The molecule has 2 unspecified atom stereocenters. The number of nitrogens with one attached hydrogen (secondary N) is 1. The zero-order valence-electron chi connectivity index (χ0n) is 11.4. The summed E-state index contributed by atoms with van der Waals surface area (Å²) in [6.45, 7) is 1.60. The summed E-state index contributed by atoms with van der Waals surface area (Å²) in [6, 6.07) is 4.24. The molecule has 1 rings (SSSR count). The number of aliphatic carboxylic acids is 1. The Hall–Kier alpha value is -2.05. The summed E-state index contributed by atoms with van der Waals surface area (Å²) in [5.41, 5.74) is 0.313. The summed E-state index contributed by atoms with van der Waals surface area (Å²) < 4.78 is 38.0. The van der Waals surface area contributed by atoms with E-state index in [0.29, 0.717) is 5.56 Å². The van der Waals surface area contributed by atoms with Crippen molar-refractivity contribution in [2.24, 2.45) is 0 Å². The number of alkyl halides is 2. The van der Waals surface area contributed by atoms with Crippen LogP contribution in [0.5, 0.6) is 0 Å². The summed E-state index contributed by atoms with van der Waals surface area (Å²) in [5, 5.41) is 10.8. The van der Waals surface area contributed by atoms with E-state index in [1.807, 2.05) is 5.32 Å². The molecule has 0 radical (unpaired) electrons. The molecule has 116 valence electrons. The molecule has 0 spiro atoms. The Morgan fingerprint density at radius 1 is 1.29 bits per heavy atom. The molecule has 0 saturated carbocycles. The minimum absolute atomic E-state index is 0.187. The topological polar surface area (TPSA) is 66.4 Å². The molecular weight excluding hydrogens is 287 g/mol. The minimum atomic E-state index is -2.84. The molecule has 1 aromatic rings. The highest BCUT2D eigenvalue weighted by Crippen LogP contribution is 2.21. The number of carboxylic acids is 1. The highest BCUT2D eigenvalue weighted by molar-refractivity contribution is 5.83. The van der Waals surface area contributed by atoms with E-state index >= 15 is 0 Å². The second-order valence-corrected chi connectivity index (χ2v) is 4.71. The van der Waals surface area contributed by atoms with E-state index in [9.17, 15) is 22.8 Å². The third-order valence-corrected chi connectivity index (χ3v) is 2.97. The first-order valence-corrected chi connectivity index (χ1v) is 6.36. The fraction of sp³-hybridized carbons (Fsp3) is 0.429. The van der Waals surface area contributed by atoms with E-state index in [-0.39, 0.29) is 6.42 Å². The van der Waals surface area contributed by atoms with E-state index in [4.69, 9.17) is 5.11 Å². The molecule has 1 aromatic carbocycles. The SMILES string of the molecule is CC(CC(=O)NC(CC(F)F)C(=O)O)c1ccccc1F. The molecule has 0 bridgehead atoms. The summed E-state index contributed by atoms with van der Waals surface area (Å²) in [5.74, 6) is -3.20. The monoisotopic (exact) mass is 303 g/mol. The second-order valence-electron chi connectivity index (χ2n) is 4.71. The lowest BCUT2D eigenvalue weighted by atomic mass is 9.96. The Labute approximate surface area is 120 Å². The van der Waals surface area contributed by atoms with Gasteiger partial charge in [0, 0.05) is 12.8 Å². The molecule has 0 saturated heterocycles. The largest absolute Gasteiger partial charge is 0.480 e. The molecule has 1 amide bonds. The van der Waals surface area contributed by atoms with Gasteiger partial charge in [-0.05, 0) is 17.5 Å². The maximum Gasteiger partial charge on any atom is 0.326 e. The van der Waals surface area contributed by atoms with Crippen molar-refractivity contribution >= 4 is 11.9 Å². The van der Waals surface area contributed by atoms with E-state index < -0.39 is 42.5 Å². The predicted molar refractivity (Wildman–Crippen MR) is 69.6 cm³/mol. The van der Waals surface area contributed by atoms with Gasteiger partial charge in [0.25, 0.3) is 0 Å². The minimum Gasteiger partial charge on any atom is -0.480 e. The zero-order valence-corrected chi connectivity index (χ0v) is 11.4. The van der Waals surface area contributed by atoms with E-state index in [0.717, 1.165) is 0 Å². The van der Waals surface area contributed by atoms with Crippen molar-refractivity contribution in [3.05, 3.63) is 35.6 Å². The second kappa shape index (κ2) is 7.66. The van der Waals surface area contributed by atoms with Crippen LogP contribution in [0.1, 0.15) is 31.2 Å². The molecule has 0 aliphatic rings. The van der Waals surface area contributed by atoms with Crippen LogP contribution < -0.4 is 5.32 Å². The van der Waals surface area contributed by atoms with Crippen molar-refractivity contribution < 1.29 is 27.9 Å². The number of carbonyl (C=O) groups is 2. The van der Waals surface area contributed by atoms with Gasteiger partial charge < -0.3 is 10.4 Å². The predicted octanol–water partition coefficient (Wildman–Crippen LogP) is 2.54. The van der Waals surface area contributed by atoms with Gasteiger partial charge in [0.1, 0.15) is 11.9 Å². The Bertz CT molecular complexity index is 508. The summed E-state index contributed by atoms with van der Waals surface area (Å²) >= 11 is 0. The summed E-state index contributed by atoms with van der Waals surface area (Å²) in [4.78, 5) is 22.5. The van der Waals surface area contributed by atoms with Crippen LogP contribution in [0.4, 0.5) is 13.2 Å². The van der Waals surface area contributed by atoms with E-state index in [1.165, 1.54) is 18.2 Å². The highest BCUT2D eigenvalue weighted by Gasteiger charge is 2.25. The van der Waals surface area contributed by atoms with Gasteiger partial charge in [-0.2, -0.15) is 0 Å². The molecule has 4 nitrogen and oxygen atoms in total. The lowest BCUT2D eigenvalue weighted by molar-refractivity contribution is -0.143. The van der Waals surface area contributed by atoms with Crippen molar-refractivity contribution in [2.45, 2.75) is 38.2 Å². The van der Waals surface area contributed by atoms with Gasteiger partial charge in [-0.15, -0.1) is 0 Å². The molecule has 0 aliphatic carbocycles. The number of amides is 1. The normalized spacial score (nSPS) is 13.8. The first-order valence-electron chi connectivity index (χ1n) is 6.36. The molecule has 0 fully saturated rings. The third kappa shape index (κ3) is 5.45. The van der Waals surface area contributed by atoms with E-state index in [2.05, 4.69) is 0 Å². The van der Waals surface area contributed by atoms with Crippen LogP contribution in [0, 0.1) is 5.82 Å². The van der Waals surface area contributed by atoms with Crippen molar-refractivity contribution in [1.29, 1.82) is 0 Å². The van der Waals surface area contributed by atoms with Crippen LogP contribution in [0.15, 0.2) is 24.3 Å². The molecular formula is C14H16F3NO3.